The van der Waals surface area contributed by atoms with Crippen LogP contribution >= 0.6 is 0 Å². The highest BCUT2D eigenvalue weighted by Gasteiger charge is 2.23. The summed E-state index contributed by atoms with van der Waals surface area (Å²) in [5, 5.41) is 1.30. The minimum atomic E-state index is -2.58. The molecule has 1 aliphatic heterocycles. The number of aromatic nitrogens is 1. The van der Waals surface area contributed by atoms with Crippen LogP contribution in [0.1, 0.15) is 60.8 Å². The van der Waals surface area contributed by atoms with Crippen LogP contribution in [0, 0.1) is 0 Å². The van der Waals surface area contributed by atoms with Gasteiger partial charge < -0.3 is 14.5 Å². The van der Waals surface area contributed by atoms with Gasteiger partial charge in [0.15, 0.2) is 11.5 Å². The van der Waals surface area contributed by atoms with E-state index in [1.807, 2.05) is 24.3 Å². The maximum absolute atomic E-state index is 10.9. The van der Waals surface area contributed by atoms with Gasteiger partial charge in [-0.2, -0.15) is 0 Å². The third-order valence-corrected chi connectivity index (χ3v) is 8.40. The van der Waals surface area contributed by atoms with Crippen LogP contribution in [0.3, 0.4) is 0 Å². The van der Waals surface area contributed by atoms with E-state index in [9.17, 15) is 8.42 Å². The number of ether oxygens (including phenoxy) is 2. The lowest BCUT2D eigenvalue weighted by Gasteiger charge is -2.32. The van der Waals surface area contributed by atoms with Crippen molar-refractivity contribution < 1.29 is 17.9 Å². The van der Waals surface area contributed by atoms with Crippen LogP contribution in [-0.2, 0) is 24.0 Å². The van der Waals surface area contributed by atoms with Gasteiger partial charge in [0.25, 0.3) is 0 Å². The second-order valence-corrected chi connectivity index (χ2v) is 11.7. The second-order valence-electron chi connectivity index (χ2n) is 10.9. The molecule has 1 fully saturated rings. The standard InChI is InChI=1S/C32H39N3O4S/c1-21(2)31-27-17-25(8-10-28(27)34-32(31)26-9-11-29(38-3)30(18-26)39-4)24-12-14-35(15-13-24)20-23-7-5-6-22(16-23)19-33-40(36)37/h5-11,16-18,21,24,34,40H,12-15,19-20H2,1-4H3,(H,33,36,37). The fourth-order valence-electron chi connectivity index (χ4n) is 5.98. The third-order valence-electron chi connectivity index (χ3n) is 7.98. The van der Waals surface area contributed by atoms with Gasteiger partial charge in [-0.1, -0.05) is 44.2 Å². The smallest absolute Gasteiger partial charge is 0.201 e. The lowest BCUT2D eigenvalue weighted by molar-refractivity contribution is 0.204. The molecule has 0 amide bonds. The van der Waals surface area contributed by atoms with Crippen molar-refractivity contribution in [2.45, 2.75) is 51.6 Å². The largest absolute Gasteiger partial charge is 0.493 e. The monoisotopic (exact) mass is 561 g/mol. The van der Waals surface area contributed by atoms with Crippen LogP contribution in [0.2, 0.25) is 0 Å². The molecule has 0 atom stereocenters. The summed E-state index contributed by atoms with van der Waals surface area (Å²) < 4.78 is 35.2. The highest BCUT2D eigenvalue weighted by Crippen LogP contribution is 2.40. The number of benzene rings is 3. The summed E-state index contributed by atoms with van der Waals surface area (Å²) in [4.78, 5) is 6.19. The molecule has 1 aliphatic rings. The van der Waals surface area contributed by atoms with Crippen molar-refractivity contribution in [1.82, 2.24) is 14.6 Å². The van der Waals surface area contributed by atoms with Gasteiger partial charge in [-0.25, -0.2) is 13.1 Å². The number of hydrogen-bond donors (Lipinski definition) is 3. The number of aromatic amines is 1. The zero-order valence-corrected chi connectivity index (χ0v) is 24.6. The molecule has 0 radical (unpaired) electrons. The van der Waals surface area contributed by atoms with Crippen LogP contribution in [0.5, 0.6) is 11.5 Å². The summed E-state index contributed by atoms with van der Waals surface area (Å²) in [5.41, 5.74) is 8.33. The molecular formula is C32H39N3O4S. The minimum Gasteiger partial charge on any atom is -0.493 e. The van der Waals surface area contributed by atoms with Gasteiger partial charge in [-0.15, -0.1) is 0 Å². The molecule has 3 aromatic carbocycles. The molecule has 5 rings (SSSR count). The number of H-pyrrole nitrogens is 1. The second kappa shape index (κ2) is 12.5. The first-order chi connectivity index (χ1) is 19.4. The Morgan fingerprint density at radius 2 is 1.70 bits per heavy atom. The van der Waals surface area contributed by atoms with Crippen LogP contribution in [-0.4, -0.2) is 45.6 Å². The number of piperidine rings is 1. The predicted molar refractivity (Wildman–Crippen MR) is 162 cm³/mol. The zero-order valence-electron chi connectivity index (χ0n) is 23.7. The summed E-state index contributed by atoms with van der Waals surface area (Å²) in [6.07, 6.45) is 2.24. The molecule has 40 heavy (non-hydrogen) atoms. The van der Waals surface area contributed by atoms with E-state index in [-0.39, 0.29) is 0 Å². The normalized spacial score (nSPS) is 14.8. The van der Waals surface area contributed by atoms with Crippen LogP contribution < -0.4 is 14.2 Å². The van der Waals surface area contributed by atoms with Crippen molar-refractivity contribution in [2.24, 2.45) is 0 Å². The SMILES string of the molecule is COc1ccc(-c2[nH]c3ccc(C4CCN(Cc5cccc(CN[SH](=O)=O)c5)CC4)cc3c2C(C)C)cc1OC. The molecule has 0 aliphatic carbocycles. The number of nitrogens with one attached hydrogen (secondary N) is 2. The lowest BCUT2D eigenvalue weighted by Crippen LogP contribution is -2.32. The Morgan fingerprint density at radius 3 is 2.40 bits per heavy atom. The number of likely N-dealkylation sites (tertiary alicyclic amines) is 1. The molecule has 212 valence electrons. The Balaban J connectivity index is 1.32. The first-order valence-corrected chi connectivity index (χ1v) is 15.1. The number of nitrogens with zero attached hydrogens (tertiary/aromatic N) is 1. The number of hydrogen-bond acceptors (Lipinski definition) is 5. The van der Waals surface area contributed by atoms with Gasteiger partial charge in [-0.3, -0.25) is 4.90 Å². The number of thiol groups is 1. The van der Waals surface area contributed by atoms with Crippen molar-refractivity contribution in [3.63, 3.8) is 0 Å². The molecule has 7 nitrogen and oxygen atoms in total. The Morgan fingerprint density at radius 1 is 0.950 bits per heavy atom. The summed E-state index contributed by atoms with van der Waals surface area (Å²) in [7, 11) is 0.747. The molecular weight excluding hydrogens is 522 g/mol. The summed E-state index contributed by atoms with van der Waals surface area (Å²) >= 11 is 0. The van der Waals surface area contributed by atoms with Gasteiger partial charge in [0, 0.05) is 29.6 Å². The lowest BCUT2D eigenvalue weighted by atomic mass is 9.87. The van der Waals surface area contributed by atoms with Gasteiger partial charge in [-0.05, 0) is 90.4 Å². The quantitative estimate of drug-likeness (QED) is 0.208. The van der Waals surface area contributed by atoms with Crippen molar-refractivity contribution in [3.8, 4) is 22.8 Å². The topological polar surface area (TPSA) is 83.7 Å². The fraction of sp³-hybridized carbons (Fsp3) is 0.375. The van der Waals surface area contributed by atoms with Crippen molar-refractivity contribution in [3.05, 3.63) is 82.9 Å². The van der Waals surface area contributed by atoms with E-state index in [1.165, 1.54) is 22.1 Å². The van der Waals surface area contributed by atoms with E-state index < -0.39 is 10.9 Å². The molecule has 1 saturated heterocycles. The Kier molecular flexibility index (Phi) is 8.78. The van der Waals surface area contributed by atoms with E-state index >= 15 is 0 Å². The maximum Gasteiger partial charge on any atom is 0.201 e. The number of fused-ring (bicyclic) bond motifs is 1. The molecule has 1 aromatic heterocycles. The Labute approximate surface area is 238 Å². The number of rotatable bonds is 10. The molecule has 0 spiro atoms. The third kappa shape index (κ3) is 6.19. The molecule has 2 N–H and O–H groups in total. The van der Waals surface area contributed by atoms with E-state index in [2.05, 4.69) is 64.9 Å². The predicted octanol–water partition coefficient (Wildman–Crippen LogP) is 5.97. The van der Waals surface area contributed by atoms with Crippen molar-refractivity contribution >= 4 is 21.8 Å². The fourth-order valence-corrected chi connectivity index (χ4v) is 6.29. The molecule has 0 unspecified atom stereocenters. The first kappa shape index (κ1) is 28.2. The summed E-state index contributed by atoms with van der Waals surface area (Å²) in [6, 6.07) is 21.2. The highest BCUT2D eigenvalue weighted by atomic mass is 32.2. The van der Waals surface area contributed by atoms with Gasteiger partial charge in [0.1, 0.15) is 0 Å². The molecule has 4 aromatic rings. The molecule has 0 bridgehead atoms. The molecule has 2 heterocycles. The summed E-state index contributed by atoms with van der Waals surface area (Å²) in [6.45, 7) is 7.81. The molecule has 0 saturated carbocycles. The van der Waals surface area contributed by atoms with Crippen LogP contribution in [0.15, 0.2) is 60.7 Å². The highest BCUT2D eigenvalue weighted by molar-refractivity contribution is 7.70. The van der Waals surface area contributed by atoms with E-state index in [0.29, 0.717) is 18.4 Å². The van der Waals surface area contributed by atoms with Crippen LogP contribution in [0.25, 0.3) is 22.2 Å². The average molecular weight is 562 g/mol. The van der Waals surface area contributed by atoms with E-state index in [4.69, 9.17) is 9.47 Å². The number of methoxy groups -OCH3 is 2. The van der Waals surface area contributed by atoms with Crippen LogP contribution in [0.4, 0.5) is 0 Å². The van der Waals surface area contributed by atoms with Crippen molar-refractivity contribution in [1.29, 1.82) is 0 Å². The van der Waals surface area contributed by atoms with E-state index in [1.54, 1.807) is 14.2 Å². The van der Waals surface area contributed by atoms with Crippen molar-refractivity contribution in [2.75, 3.05) is 27.3 Å². The zero-order chi connectivity index (χ0) is 28.2. The average Bonchev–Trinajstić information content (AvgIpc) is 3.35. The minimum absolute atomic E-state index is 0.336. The van der Waals surface area contributed by atoms with Gasteiger partial charge >= 0.3 is 0 Å². The first-order valence-electron chi connectivity index (χ1n) is 13.9. The van der Waals surface area contributed by atoms with E-state index in [0.717, 1.165) is 66.3 Å². The maximum atomic E-state index is 10.9. The summed E-state index contributed by atoms with van der Waals surface area (Å²) in [5.74, 6) is 2.34. The Hall–Kier alpha value is -3.33. The molecule has 8 heteroatoms. The van der Waals surface area contributed by atoms with Gasteiger partial charge in [0.2, 0.25) is 10.9 Å². The van der Waals surface area contributed by atoms with Gasteiger partial charge in [0.05, 0.1) is 19.9 Å². The Bertz CT molecular complexity index is 1540.